The fourth-order valence-corrected chi connectivity index (χ4v) is 5.15. The number of methoxy groups -OCH3 is 1. The molecule has 4 aromatic rings. The molecule has 1 aliphatic rings. The van der Waals surface area contributed by atoms with Gasteiger partial charge in [-0.3, -0.25) is 19.4 Å². The highest BCUT2D eigenvalue weighted by molar-refractivity contribution is 7.16. The van der Waals surface area contributed by atoms with E-state index in [1.54, 1.807) is 30.0 Å². The molecule has 208 valence electrons. The van der Waals surface area contributed by atoms with Crippen molar-refractivity contribution in [1.82, 2.24) is 24.2 Å². The smallest absolute Gasteiger partial charge is 0.416 e. The zero-order valence-corrected chi connectivity index (χ0v) is 22.8. The molecule has 5 rings (SSSR count). The van der Waals surface area contributed by atoms with Crippen molar-refractivity contribution in [2.24, 2.45) is 0 Å². The number of carbonyl (C=O) groups is 1. The maximum absolute atomic E-state index is 13.9. The lowest BCUT2D eigenvalue weighted by atomic mass is 10.0. The Bertz CT molecular complexity index is 1580. The SMILES string of the molecule is CCN1CCN(Cc2ccc(C(=O)Nc3ncc(C#Cc4cnc5ccc(OC)cn45)s3)cc2C(F)(F)F)CC1. The highest BCUT2D eigenvalue weighted by Gasteiger charge is 2.34. The molecule has 3 aromatic heterocycles. The van der Waals surface area contributed by atoms with Gasteiger partial charge in [0.25, 0.3) is 5.91 Å². The van der Waals surface area contributed by atoms with Crippen molar-refractivity contribution in [2.45, 2.75) is 19.6 Å². The number of rotatable bonds is 6. The zero-order chi connectivity index (χ0) is 28.3. The number of alkyl halides is 3. The number of aromatic nitrogens is 3. The summed E-state index contributed by atoms with van der Waals surface area (Å²) in [5.41, 5.74) is 0.624. The summed E-state index contributed by atoms with van der Waals surface area (Å²) in [6, 6.07) is 7.36. The van der Waals surface area contributed by atoms with E-state index in [4.69, 9.17) is 4.74 Å². The Kier molecular flexibility index (Phi) is 8.07. The maximum Gasteiger partial charge on any atom is 0.416 e. The standard InChI is InChI=1S/C28H27F3N6O2S/c1-3-35-10-12-36(13-11-35)17-20-5-4-19(14-24(20)28(29,30)31)26(38)34-27-33-16-23(40-27)8-6-21-15-32-25-9-7-22(39-2)18-37(21)25/h4-5,7,9,14-16,18H,3,10-13,17H2,1-2H3,(H,33,34,38). The second-order valence-corrected chi connectivity index (χ2v) is 10.3. The summed E-state index contributed by atoms with van der Waals surface area (Å²) in [6.45, 7) is 6.24. The summed E-state index contributed by atoms with van der Waals surface area (Å²) >= 11 is 1.13. The van der Waals surface area contributed by atoms with Crippen LogP contribution in [0.5, 0.6) is 5.75 Å². The van der Waals surface area contributed by atoms with Gasteiger partial charge in [-0.15, -0.1) is 0 Å². The van der Waals surface area contributed by atoms with E-state index in [1.165, 1.54) is 18.3 Å². The minimum Gasteiger partial charge on any atom is -0.495 e. The molecule has 1 amide bonds. The number of amides is 1. The van der Waals surface area contributed by atoms with Gasteiger partial charge >= 0.3 is 6.18 Å². The van der Waals surface area contributed by atoms with Crippen LogP contribution in [0.3, 0.4) is 0 Å². The van der Waals surface area contributed by atoms with Crippen LogP contribution in [0, 0.1) is 11.8 Å². The molecule has 0 atom stereocenters. The van der Waals surface area contributed by atoms with E-state index in [0.717, 1.165) is 37.0 Å². The Morgan fingerprint density at radius 2 is 1.85 bits per heavy atom. The molecule has 1 aliphatic heterocycles. The normalized spacial score (nSPS) is 14.6. The number of ether oxygens (including phenoxy) is 1. The van der Waals surface area contributed by atoms with E-state index in [1.807, 2.05) is 11.0 Å². The number of hydrogen-bond donors (Lipinski definition) is 1. The summed E-state index contributed by atoms with van der Waals surface area (Å²) in [4.78, 5) is 26.2. The van der Waals surface area contributed by atoms with Gasteiger partial charge < -0.3 is 9.64 Å². The molecule has 1 fully saturated rings. The number of anilines is 1. The van der Waals surface area contributed by atoms with Gasteiger partial charge in [-0.05, 0) is 48.2 Å². The number of benzene rings is 1. The van der Waals surface area contributed by atoms with Gasteiger partial charge in [-0.2, -0.15) is 13.2 Å². The first-order chi connectivity index (χ1) is 19.2. The van der Waals surface area contributed by atoms with Crippen LogP contribution in [0.4, 0.5) is 18.3 Å². The van der Waals surface area contributed by atoms with Crippen LogP contribution in [0.2, 0.25) is 0 Å². The van der Waals surface area contributed by atoms with E-state index in [0.29, 0.717) is 35.1 Å². The predicted molar refractivity (Wildman–Crippen MR) is 147 cm³/mol. The molecule has 4 heterocycles. The summed E-state index contributed by atoms with van der Waals surface area (Å²) in [5.74, 6) is 6.00. The average molecular weight is 569 g/mol. The van der Waals surface area contributed by atoms with Crippen LogP contribution < -0.4 is 10.1 Å². The second-order valence-electron chi connectivity index (χ2n) is 9.25. The molecule has 0 bridgehead atoms. The van der Waals surface area contributed by atoms with E-state index in [9.17, 15) is 18.0 Å². The Balaban J connectivity index is 1.28. The number of likely N-dealkylation sites (N-methyl/N-ethyl adjacent to an activating group) is 1. The minimum atomic E-state index is -4.58. The van der Waals surface area contributed by atoms with Crippen LogP contribution in [0.1, 0.15) is 39.0 Å². The van der Waals surface area contributed by atoms with E-state index < -0.39 is 17.6 Å². The van der Waals surface area contributed by atoms with E-state index in [-0.39, 0.29) is 22.8 Å². The van der Waals surface area contributed by atoms with Gasteiger partial charge in [0.2, 0.25) is 0 Å². The lowest BCUT2D eigenvalue weighted by Crippen LogP contribution is -2.45. The van der Waals surface area contributed by atoms with E-state index >= 15 is 0 Å². The highest BCUT2D eigenvalue weighted by Crippen LogP contribution is 2.34. The third-order valence-corrected chi connectivity index (χ3v) is 7.57. The van der Waals surface area contributed by atoms with Gasteiger partial charge in [-0.25, -0.2) is 9.97 Å². The quantitative estimate of drug-likeness (QED) is 0.343. The van der Waals surface area contributed by atoms with Crippen LogP contribution in [0.15, 0.2) is 48.9 Å². The first kappa shape index (κ1) is 27.6. The molecule has 0 aliphatic carbocycles. The van der Waals surface area contributed by atoms with E-state index in [2.05, 4.69) is 38.9 Å². The summed E-state index contributed by atoms with van der Waals surface area (Å²) in [5, 5.41) is 2.83. The van der Waals surface area contributed by atoms with Crippen LogP contribution in [0.25, 0.3) is 5.65 Å². The lowest BCUT2D eigenvalue weighted by Gasteiger charge is -2.34. The van der Waals surface area contributed by atoms with Crippen molar-refractivity contribution in [1.29, 1.82) is 0 Å². The third kappa shape index (κ3) is 6.28. The molecule has 8 nitrogen and oxygen atoms in total. The number of nitrogens with one attached hydrogen (secondary N) is 1. The van der Waals surface area contributed by atoms with Gasteiger partial charge in [0, 0.05) is 38.3 Å². The molecular formula is C28H27F3N6O2S. The van der Waals surface area contributed by atoms with Crippen LogP contribution in [-0.4, -0.2) is 69.9 Å². The van der Waals surface area contributed by atoms with Crippen molar-refractivity contribution in [2.75, 3.05) is 45.2 Å². The van der Waals surface area contributed by atoms with Crippen molar-refractivity contribution in [3.8, 4) is 17.6 Å². The number of pyridine rings is 1. The van der Waals surface area contributed by atoms with Crippen LogP contribution in [-0.2, 0) is 12.7 Å². The number of thiazole rings is 1. The Hall–Kier alpha value is -3.92. The molecule has 1 saturated heterocycles. The van der Waals surface area contributed by atoms with Gasteiger partial charge in [0.05, 0.1) is 36.1 Å². The largest absolute Gasteiger partial charge is 0.495 e. The Labute approximate surface area is 233 Å². The summed E-state index contributed by atoms with van der Waals surface area (Å²) in [6.07, 6.45) is 0.332. The molecule has 0 saturated carbocycles. The fraction of sp³-hybridized carbons (Fsp3) is 0.321. The van der Waals surface area contributed by atoms with Crippen molar-refractivity contribution in [3.63, 3.8) is 0 Å². The predicted octanol–water partition coefficient (Wildman–Crippen LogP) is 4.61. The average Bonchev–Trinajstić information content (AvgIpc) is 3.57. The van der Waals surface area contributed by atoms with Crippen LogP contribution >= 0.6 is 11.3 Å². The summed E-state index contributed by atoms with van der Waals surface area (Å²) < 4.78 is 48.9. The minimum absolute atomic E-state index is 0.0885. The number of fused-ring (bicyclic) bond motifs is 1. The lowest BCUT2D eigenvalue weighted by molar-refractivity contribution is -0.138. The van der Waals surface area contributed by atoms with Gasteiger partial charge in [-0.1, -0.05) is 24.3 Å². The molecule has 0 radical (unpaired) electrons. The first-order valence-electron chi connectivity index (χ1n) is 12.7. The molecule has 0 unspecified atom stereocenters. The van der Waals surface area contributed by atoms with Crippen molar-refractivity contribution in [3.05, 3.63) is 76.2 Å². The van der Waals surface area contributed by atoms with Gasteiger partial charge in [0.15, 0.2) is 5.13 Å². The molecule has 40 heavy (non-hydrogen) atoms. The topological polar surface area (TPSA) is 75.0 Å². The highest BCUT2D eigenvalue weighted by atomic mass is 32.1. The van der Waals surface area contributed by atoms with Crippen molar-refractivity contribution >= 4 is 28.0 Å². The monoisotopic (exact) mass is 568 g/mol. The third-order valence-electron chi connectivity index (χ3n) is 6.74. The van der Waals surface area contributed by atoms with Crippen molar-refractivity contribution < 1.29 is 22.7 Å². The molecular weight excluding hydrogens is 541 g/mol. The fourth-order valence-electron chi connectivity index (χ4n) is 4.48. The molecule has 1 N–H and O–H groups in total. The molecule has 0 spiro atoms. The number of piperazine rings is 1. The van der Waals surface area contributed by atoms with Gasteiger partial charge in [0.1, 0.15) is 17.1 Å². The zero-order valence-electron chi connectivity index (χ0n) is 22.0. The first-order valence-corrected chi connectivity index (χ1v) is 13.5. The number of carbonyl (C=O) groups excluding carboxylic acids is 1. The summed E-state index contributed by atoms with van der Waals surface area (Å²) in [7, 11) is 1.57. The molecule has 1 aromatic carbocycles. The Morgan fingerprint density at radius 3 is 2.58 bits per heavy atom. The number of nitrogens with zero attached hydrogens (tertiary/aromatic N) is 5. The number of hydrogen-bond acceptors (Lipinski definition) is 7. The Morgan fingerprint density at radius 1 is 1.07 bits per heavy atom. The number of halogens is 3. The molecule has 12 heteroatoms. The second kappa shape index (κ2) is 11.7. The maximum atomic E-state index is 13.9. The number of imidazole rings is 1.